The molecule has 394 valence electrons. The Morgan fingerprint density at radius 3 is 1.25 bits per heavy atom. The number of carbonyl (C=O) groups is 6. The zero-order valence-corrected chi connectivity index (χ0v) is 47.6. The van der Waals surface area contributed by atoms with Gasteiger partial charge in [-0.2, -0.15) is 0 Å². The Morgan fingerprint density at radius 2 is 0.971 bits per heavy atom. The molecule has 13 heteroatoms. The quantitative estimate of drug-likeness (QED) is 0.0458. The van der Waals surface area contributed by atoms with E-state index in [1.54, 1.807) is 60.6 Å². The van der Waals surface area contributed by atoms with Crippen LogP contribution in [0.15, 0.2) is 97.2 Å². The number of aliphatic carboxylic acids is 1. The van der Waals surface area contributed by atoms with Gasteiger partial charge in [0.15, 0.2) is 0 Å². The maximum Gasteiger partial charge on any atom is 0.338 e. The first kappa shape index (κ1) is 72.7. The number of rotatable bonds is 19. The Bertz CT molecular complexity index is 1780. The van der Waals surface area contributed by atoms with E-state index in [9.17, 15) is 28.8 Å². The molecule has 0 radical (unpaired) electrons. The van der Waals surface area contributed by atoms with E-state index in [0.717, 1.165) is 12.8 Å². The van der Waals surface area contributed by atoms with Crippen molar-refractivity contribution in [3.05, 3.63) is 103 Å². The van der Waals surface area contributed by atoms with E-state index in [4.69, 9.17) is 28.8 Å². The largest absolute Gasteiger partial charge is 0.478 e. The van der Waals surface area contributed by atoms with Gasteiger partial charge in [0.1, 0.15) is 11.9 Å². The third-order valence-electron chi connectivity index (χ3n) is 8.57. The van der Waals surface area contributed by atoms with Gasteiger partial charge in [-0.3, -0.25) is 0 Å². The molecule has 0 fully saturated rings. The van der Waals surface area contributed by atoms with Crippen molar-refractivity contribution >= 4 is 43.9 Å². The highest BCUT2D eigenvalue weighted by Gasteiger charge is 2.22. The SMILES string of the molecule is C=C(C)C(=O)O.C=C(C)C(=O)OC(C(C)C)C(C)C.C=C(C)C(=O)OC(C)C.C=C(C)C(=O)OCC(CC)CCCC.C=C(C)C(=O)OC[Si](C)(C)C.C=C(C)C(=O)Oc1ccc(C(C)(C)C)cc1. The molecule has 0 saturated heterocycles. The molecule has 0 aromatic heterocycles. The molecule has 1 rings (SSSR count). The molecule has 12 nitrogen and oxygen atoms in total. The zero-order chi connectivity index (χ0) is 55.6. The molecule has 1 N–H and O–H groups in total. The fraction of sp³-hybridized carbons (Fsp3) is 0.571. The highest BCUT2D eigenvalue weighted by Crippen LogP contribution is 2.24. The number of esters is 5. The molecule has 0 aliphatic heterocycles. The molecule has 0 bridgehead atoms. The van der Waals surface area contributed by atoms with Gasteiger partial charge in [0.05, 0.1) is 27.0 Å². The highest BCUT2D eigenvalue weighted by molar-refractivity contribution is 6.76. The highest BCUT2D eigenvalue weighted by atomic mass is 28.3. The topological polar surface area (TPSA) is 169 Å². The normalized spacial score (nSPS) is 10.7. The summed E-state index contributed by atoms with van der Waals surface area (Å²) in [6.45, 7) is 60.0. The second-order valence-electron chi connectivity index (χ2n) is 20.1. The van der Waals surface area contributed by atoms with Crippen LogP contribution in [0.25, 0.3) is 0 Å². The minimum Gasteiger partial charge on any atom is -0.478 e. The Labute approximate surface area is 419 Å². The number of carboxylic acid groups (broad SMARTS) is 1. The van der Waals surface area contributed by atoms with Crippen molar-refractivity contribution in [3.8, 4) is 5.75 Å². The molecule has 69 heavy (non-hydrogen) atoms. The third kappa shape index (κ3) is 44.9. The molecule has 0 heterocycles. The van der Waals surface area contributed by atoms with Crippen molar-refractivity contribution in [2.45, 2.75) is 181 Å². The number of benzene rings is 1. The fourth-order valence-electron chi connectivity index (χ4n) is 4.42. The second-order valence-corrected chi connectivity index (χ2v) is 25.5. The van der Waals surface area contributed by atoms with Crippen molar-refractivity contribution in [1.82, 2.24) is 0 Å². The predicted molar refractivity (Wildman–Crippen MR) is 287 cm³/mol. The van der Waals surface area contributed by atoms with Gasteiger partial charge in [-0.25, -0.2) is 28.8 Å². The Balaban J connectivity index is -0.000000243. The van der Waals surface area contributed by atoms with Crippen molar-refractivity contribution < 1.29 is 57.6 Å². The average Bonchev–Trinajstić information content (AvgIpc) is 3.21. The lowest BCUT2D eigenvalue weighted by atomic mass is 9.87. The molecular weight excluding hydrogens is 893 g/mol. The van der Waals surface area contributed by atoms with Gasteiger partial charge < -0.3 is 28.8 Å². The van der Waals surface area contributed by atoms with E-state index in [-0.39, 0.29) is 53.0 Å². The number of carbonyl (C=O) groups excluding carboxylic acids is 5. The molecule has 1 aromatic rings. The Kier molecular flexibility index (Phi) is 40.6. The van der Waals surface area contributed by atoms with Crippen molar-refractivity contribution in [3.63, 3.8) is 0 Å². The standard InChI is InChI=1S/C14H18O2.C12H22O2.C11H20O2.C8H16O2Si.C7H12O2.C4H6O2/c1-10(2)13(15)16-12-8-6-11(7-9-12)14(3,4)5;1-5-7-8-11(6-2)9-14-12(13)10(3)4;1-7(2)10(8(3)4)13-11(12)9(5)6;1-7(2)8(9)10-6-11(3,4)5;1-5(2)7(8)9-6(3)4;1-3(2)4(5)6/h6-9H,1H2,2-5H3;11H,3,5-9H2,1-2,4H3;7-8,10H,5H2,1-4,6H3;1,6H2,2-5H3;6H,1H2,2-4H3;1H2,2H3,(H,5,6). The number of hydrogen-bond donors (Lipinski definition) is 1. The molecular formula is C56H94O12Si. The minimum absolute atomic E-state index is 0.0100. The van der Waals surface area contributed by atoms with Crippen LogP contribution in [-0.4, -0.2) is 74.0 Å². The van der Waals surface area contributed by atoms with Gasteiger partial charge in [-0.15, -0.1) is 0 Å². The third-order valence-corrected chi connectivity index (χ3v) is 9.58. The summed E-state index contributed by atoms with van der Waals surface area (Å²) in [5.41, 5.74) is 3.77. The van der Waals surface area contributed by atoms with Gasteiger partial charge in [-0.1, -0.05) is 153 Å². The summed E-state index contributed by atoms with van der Waals surface area (Å²) >= 11 is 0. The van der Waals surface area contributed by atoms with Crippen molar-refractivity contribution in [2.24, 2.45) is 17.8 Å². The Hall–Kier alpha value is -5.30. The molecule has 0 saturated carbocycles. The van der Waals surface area contributed by atoms with Crippen LogP contribution >= 0.6 is 0 Å². The molecule has 0 aliphatic rings. The van der Waals surface area contributed by atoms with Gasteiger partial charge in [0.2, 0.25) is 0 Å². The van der Waals surface area contributed by atoms with Gasteiger partial charge in [-0.05, 0) is 103 Å². The van der Waals surface area contributed by atoms with E-state index in [2.05, 4.69) is 121 Å². The maximum absolute atomic E-state index is 11.3. The van der Waals surface area contributed by atoms with Crippen molar-refractivity contribution in [1.29, 1.82) is 0 Å². The summed E-state index contributed by atoms with van der Waals surface area (Å²) in [4.78, 5) is 64.7. The van der Waals surface area contributed by atoms with Gasteiger partial charge in [0.25, 0.3) is 0 Å². The first-order valence-corrected chi connectivity index (χ1v) is 27.2. The maximum atomic E-state index is 11.3. The molecule has 0 spiro atoms. The lowest BCUT2D eigenvalue weighted by Crippen LogP contribution is -2.29. The molecule has 1 unspecified atom stereocenters. The Morgan fingerprint density at radius 1 is 0.594 bits per heavy atom. The number of carboxylic acids is 1. The van der Waals surface area contributed by atoms with Crippen LogP contribution in [0.4, 0.5) is 0 Å². The summed E-state index contributed by atoms with van der Waals surface area (Å²) in [7, 11) is -1.25. The van der Waals surface area contributed by atoms with Crippen LogP contribution in [0.3, 0.4) is 0 Å². The van der Waals surface area contributed by atoms with Crippen molar-refractivity contribution in [2.75, 3.05) is 12.8 Å². The predicted octanol–water partition coefficient (Wildman–Crippen LogP) is 13.7. The van der Waals surface area contributed by atoms with Crippen LogP contribution in [-0.2, 0) is 53.1 Å². The summed E-state index contributed by atoms with van der Waals surface area (Å²) in [6.07, 6.45) is 5.16. The van der Waals surface area contributed by atoms with Gasteiger partial charge >= 0.3 is 35.8 Å². The first-order valence-electron chi connectivity index (χ1n) is 23.5. The van der Waals surface area contributed by atoms with Gasteiger partial charge in [0, 0.05) is 33.4 Å². The molecule has 0 amide bonds. The lowest BCUT2D eigenvalue weighted by molar-refractivity contribution is -0.149. The van der Waals surface area contributed by atoms with Crippen LogP contribution in [0.1, 0.15) is 149 Å². The van der Waals surface area contributed by atoms with E-state index in [1.807, 2.05) is 12.1 Å². The van der Waals surface area contributed by atoms with Crippen LogP contribution in [0.5, 0.6) is 5.75 Å². The van der Waals surface area contributed by atoms with Crippen LogP contribution in [0, 0.1) is 17.8 Å². The summed E-state index contributed by atoms with van der Waals surface area (Å²) in [6, 6.07) is 7.56. The second kappa shape index (κ2) is 38.5. The van der Waals surface area contributed by atoms with E-state index in [1.165, 1.54) is 25.3 Å². The van der Waals surface area contributed by atoms with E-state index >= 15 is 0 Å². The molecule has 0 aliphatic carbocycles. The number of hydrogen-bond acceptors (Lipinski definition) is 11. The number of ether oxygens (including phenoxy) is 5. The number of unbranched alkanes of at least 4 members (excludes halogenated alkanes) is 1. The van der Waals surface area contributed by atoms with Crippen LogP contribution < -0.4 is 4.74 Å². The van der Waals surface area contributed by atoms with Crippen LogP contribution in [0.2, 0.25) is 19.6 Å². The monoisotopic (exact) mass is 987 g/mol. The minimum atomic E-state index is -1.25. The zero-order valence-electron chi connectivity index (χ0n) is 46.6. The molecule has 1 atom stereocenters. The van der Waals surface area contributed by atoms with E-state index in [0.29, 0.717) is 64.2 Å². The average molecular weight is 987 g/mol. The fourth-order valence-corrected chi connectivity index (χ4v) is 4.98. The summed E-state index contributed by atoms with van der Waals surface area (Å²) < 4.78 is 25.3. The van der Waals surface area contributed by atoms with E-state index < -0.39 is 14.0 Å². The summed E-state index contributed by atoms with van der Waals surface area (Å²) in [5, 5.41) is 7.89. The summed E-state index contributed by atoms with van der Waals surface area (Å²) in [5.74, 6) is -0.686. The lowest BCUT2D eigenvalue weighted by Gasteiger charge is -2.24. The molecule has 1 aromatic carbocycles. The first-order chi connectivity index (χ1) is 31.3. The smallest absolute Gasteiger partial charge is 0.338 e.